The number of hydrogen-bond donors (Lipinski definition) is 2. The topological polar surface area (TPSA) is 90.0 Å². The Kier molecular flexibility index (Phi) is 7.67. The second kappa shape index (κ2) is 8.19. The van der Waals surface area contributed by atoms with Gasteiger partial charge in [0, 0.05) is 13.1 Å². The number of aliphatic carboxylic acids is 1. The molecule has 1 saturated heterocycles. The molecule has 1 aliphatic rings. The molecule has 1 rings (SSSR count). The van der Waals surface area contributed by atoms with E-state index in [0.717, 1.165) is 6.42 Å². The molecule has 0 saturated carbocycles. The molecule has 122 valence electrons. The van der Waals surface area contributed by atoms with Gasteiger partial charge in [0.2, 0.25) is 0 Å². The van der Waals surface area contributed by atoms with Gasteiger partial charge in [-0.3, -0.25) is 19.4 Å². The zero-order valence-electron chi connectivity index (χ0n) is 12.7. The van der Waals surface area contributed by atoms with E-state index in [1.807, 2.05) is 11.8 Å². The Labute approximate surface area is 131 Å². The van der Waals surface area contributed by atoms with Crippen molar-refractivity contribution in [1.29, 1.82) is 0 Å². The summed E-state index contributed by atoms with van der Waals surface area (Å²) in [7, 11) is 0. The molecule has 1 aliphatic heterocycles. The van der Waals surface area contributed by atoms with Gasteiger partial charge in [-0.15, -0.1) is 12.4 Å². The van der Waals surface area contributed by atoms with Gasteiger partial charge >= 0.3 is 12.0 Å². The number of nitrogens with one attached hydrogen (secondary N) is 1. The Morgan fingerprint density at radius 1 is 1.33 bits per heavy atom. The fourth-order valence-electron chi connectivity index (χ4n) is 2.25. The van der Waals surface area contributed by atoms with E-state index in [1.165, 1.54) is 4.90 Å². The summed E-state index contributed by atoms with van der Waals surface area (Å²) >= 11 is 0. The predicted octanol–water partition coefficient (Wildman–Crippen LogP) is 0.925. The van der Waals surface area contributed by atoms with Crippen LogP contribution in [0.2, 0.25) is 0 Å². The summed E-state index contributed by atoms with van der Waals surface area (Å²) in [6.45, 7) is 6.86. The molecule has 0 aromatic carbocycles. The van der Waals surface area contributed by atoms with Crippen LogP contribution in [0.3, 0.4) is 0 Å². The van der Waals surface area contributed by atoms with Crippen LogP contribution in [-0.2, 0) is 9.59 Å². The molecule has 3 amide bonds. The fourth-order valence-corrected chi connectivity index (χ4v) is 2.25. The van der Waals surface area contributed by atoms with E-state index in [0.29, 0.717) is 26.1 Å². The molecule has 0 atom stereocenters. The fraction of sp³-hybridized carbons (Fsp3) is 0.769. The molecule has 0 radical (unpaired) electrons. The molecule has 0 aromatic heterocycles. The maximum absolute atomic E-state index is 12.0. The van der Waals surface area contributed by atoms with E-state index >= 15 is 0 Å². The van der Waals surface area contributed by atoms with Crippen LogP contribution in [0.25, 0.3) is 0 Å². The molecule has 21 heavy (non-hydrogen) atoms. The highest BCUT2D eigenvalue weighted by molar-refractivity contribution is 6.06. The maximum atomic E-state index is 12.0. The van der Waals surface area contributed by atoms with Crippen molar-refractivity contribution >= 4 is 30.3 Å². The summed E-state index contributed by atoms with van der Waals surface area (Å²) in [6, 6.07) is -0.375. The first-order chi connectivity index (χ1) is 9.27. The van der Waals surface area contributed by atoms with E-state index in [2.05, 4.69) is 5.32 Å². The Morgan fingerprint density at radius 3 is 2.38 bits per heavy atom. The second-order valence-electron chi connectivity index (χ2n) is 5.54. The predicted molar refractivity (Wildman–Crippen MR) is 80.6 cm³/mol. The van der Waals surface area contributed by atoms with Gasteiger partial charge in [-0.05, 0) is 33.2 Å². The van der Waals surface area contributed by atoms with Crippen molar-refractivity contribution in [1.82, 2.24) is 15.1 Å². The van der Waals surface area contributed by atoms with Crippen molar-refractivity contribution in [3.05, 3.63) is 0 Å². The molecule has 7 nitrogen and oxygen atoms in total. The van der Waals surface area contributed by atoms with Crippen molar-refractivity contribution in [2.45, 2.75) is 39.2 Å². The summed E-state index contributed by atoms with van der Waals surface area (Å²) < 4.78 is 0. The first-order valence-corrected chi connectivity index (χ1v) is 6.86. The number of carboxylic acids is 1. The van der Waals surface area contributed by atoms with Crippen molar-refractivity contribution in [3.8, 4) is 0 Å². The van der Waals surface area contributed by atoms with Crippen molar-refractivity contribution < 1.29 is 19.5 Å². The van der Waals surface area contributed by atoms with E-state index in [4.69, 9.17) is 5.11 Å². The quantitative estimate of drug-likeness (QED) is 0.649. The summed E-state index contributed by atoms with van der Waals surface area (Å²) in [5.74, 6) is -1.10. The number of nitrogens with zero attached hydrogens (tertiary/aromatic N) is 2. The number of imide groups is 1. The average Bonchev–Trinajstić information content (AvgIpc) is 2.50. The third kappa shape index (κ3) is 5.51. The van der Waals surface area contributed by atoms with Gasteiger partial charge in [0.1, 0.15) is 5.54 Å². The van der Waals surface area contributed by atoms with Crippen LogP contribution in [0.4, 0.5) is 4.79 Å². The molecular formula is C13H24ClN3O4. The smallest absolute Gasteiger partial charge is 0.325 e. The minimum atomic E-state index is -0.866. The lowest BCUT2D eigenvalue weighted by molar-refractivity contribution is -0.138. The van der Waals surface area contributed by atoms with Crippen LogP contribution < -0.4 is 5.32 Å². The molecule has 0 spiro atoms. The molecule has 0 aromatic rings. The minimum absolute atomic E-state index is 0. The Morgan fingerprint density at radius 2 is 1.95 bits per heavy atom. The van der Waals surface area contributed by atoms with Crippen molar-refractivity contribution in [3.63, 3.8) is 0 Å². The van der Waals surface area contributed by atoms with Crippen molar-refractivity contribution in [2.24, 2.45) is 0 Å². The number of halogens is 1. The van der Waals surface area contributed by atoms with Gasteiger partial charge in [0.05, 0.1) is 6.54 Å². The third-order valence-electron chi connectivity index (χ3n) is 3.20. The molecular weight excluding hydrogens is 298 g/mol. The molecule has 0 unspecified atom stereocenters. The maximum Gasteiger partial charge on any atom is 0.325 e. The van der Waals surface area contributed by atoms with E-state index in [-0.39, 0.29) is 30.9 Å². The lowest BCUT2D eigenvalue weighted by atomic mass is 10.1. The Bertz CT molecular complexity index is 401. The summed E-state index contributed by atoms with van der Waals surface area (Å²) in [4.78, 5) is 37.4. The second-order valence-corrected chi connectivity index (χ2v) is 5.54. The first-order valence-electron chi connectivity index (χ1n) is 6.86. The standard InChI is InChI=1S/C13H23N3O4.ClH/c1-4-6-15(9-10(17)18)7-5-8-16-11(19)13(2,3)14-12(16)20;/h4-9H2,1-3H3,(H,14,20)(H,17,18);1H. The highest BCUT2D eigenvalue weighted by Crippen LogP contribution is 2.16. The molecule has 8 heteroatoms. The number of carbonyl (C=O) groups is 3. The van der Waals surface area contributed by atoms with Gasteiger partial charge in [-0.2, -0.15) is 0 Å². The van der Waals surface area contributed by atoms with Gasteiger partial charge in [-0.1, -0.05) is 6.92 Å². The monoisotopic (exact) mass is 321 g/mol. The molecule has 0 aliphatic carbocycles. The minimum Gasteiger partial charge on any atom is -0.480 e. The van der Waals surface area contributed by atoms with Crippen LogP contribution in [0.1, 0.15) is 33.6 Å². The third-order valence-corrected chi connectivity index (χ3v) is 3.20. The lowest BCUT2D eigenvalue weighted by Gasteiger charge is -2.21. The molecule has 2 N–H and O–H groups in total. The average molecular weight is 322 g/mol. The number of amides is 3. The lowest BCUT2D eigenvalue weighted by Crippen LogP contribution is -2.40. The highest BCUT2D eigenvalue weighted by atomic mass is 35.5. The van der Waals surface area contributed by atoms with Gasteiger partial charge < -0.3 is 10.4 Å². The number of urea groups is 1. The number of rotatable bonds is 8. The summed E-state index contributed by atoms with van der Waals surface area (Å²) in [5.41, 5.74) is -0.846. The number of hydrogen-bond acceptors (Lipinski definition) is 4. The normalized spacial score (nSPS) is 16.9. The van der Waals surface area contributed by atoms with Crippen LogP contribution in [0.5, 0.6) is 0 Å². The first kappa shape index (κ1) is 19.7. The zero-order valence-corrected chi connectivity index (χ0v) is 13.5. The van der Waals surface area contributed by atoms with E-state index < -0.39 is 11.5 Å². The SMILES string of the molecule is CCCN(CCCN1C(=O)NC(C)(C)C1=O)CC(=O)O.Cl. The van der Waals surface area contributed by atoms with E-state index in [9.17, 15) is 14.4 Å². The number of carbonyl (C=O) groups excluding carboxylic acids is 2. The van der Waals surface area contributed by atoms with Crippen LogP contribution >= 0.6 is 12.4 Å². The van der Waals surface area contributed by atoms with Crippen LogP contribution in [0, 0.1) is 0 Å². The molecule has 0 bridgehead atoms. The summed E-state index contributed by atoms with van der Waals surface area (Å²) in [5, 5.41) is 11.4. The van der Waals surface area contributed by atoms with Gasteiger partial charge in [0.15, 0.2) is 0 Å². The van der Waals surface area contributed by atoms with Crippen LogP contribution in [-0.4, -0.2) is 64.5 Å². The largest absolute Gasteiger partial charge is 0.480 e. The molecule has 1 heterocycles. The Hall–Kier alpha value is -1.34. The van der Waals surface area contributed by atoms with Gasteiger partial charge in [0.25, 0.3) is 5.91 Å². The number of carboxylic acid groups (broad SMARTS) is 1. The summed E-state index contributed by atoms with van der Waals surface area (Å²) in [6.07, 6.45) is 1.44. The highest BCUT2D eigenvalue weighted by Gasteiger charge is 2.43. The van der Waals surface area contributed by atoms with Crippen LogP contribution in [0.15, 0.2) is 0 Å². The van der Waals surface area contributed by atoms with Gasteiger partial charge in [-0.25, -0.2) is 4.79 Å². The van der Waals surface area contributed by atoms with Crippen molar-refractivity contribution in [2.75, 3.05) is 26.2 Å². The molecule has 1 fully saturated rings. The van der Waals surface area contributed by atoms with E-state index in [1.54, 1.807) is 13.8 Å². The Balaban J connectivity index is 0.00000400. The zero-order chi connectivity index (χ0) is 15.3.